The second-order valence-corrected chi connectivity index (χ2v) is 12.5. The number of aliphatic imine (C=N–C) groups is 1. The Bertz CT molecular complexity index is 2120. The number of amides is 7. The Kier molecular flexibility index (Phi) is 19.4. The summed E-state index contributed by atoms with van der Waals surface area (Å²) in [4.78, 5) is 95.3. The summed E-state index contributed by atoms with van der Waals surface area (Å²) >= 11 is 0. The fraction of sp³-hybridized carbons (Fsp3) is 0.273. The third-order valence-electron chi connectivity index (χ3n) is 7.71. The van der Waals surface area contributed by atoms with Gasteiger partial charge in [-0.15, -0.1) is 0 Å². The molecule has 2 aromatic carbocycles. The van der Waals surface area contributed by atoms with Gasteiger partial charge < -0.3 is 102 Å². The third kappa shape index (κ3) is 16.6. The van der Waals surface area contributed by atoms with E-state index in [0.717, 1.165) is 6.21 Å². The Morgan fingerprint density at radius 1 is 0.578 bits per heavy atom. The highest BCUT2D eigenvalue weighted by Gasteiger charge is 2.34. The fourth-order valence-corrected chi connectivity index (χ4v) is 4.81. The van der Waals surface area contributed by atoms with E-state index in [2.05, 4.69) is 31.6 Å². The van der Waals surface area contributed by atoms with Crippen LogP contribution >= 0.6 is 0 Å². The molecule has 0 radical (unpaired) electrons. The minimum atomic E-state index is -2.13. The summed E-state index contributed by atoms with van der Waals surface area (Å²) in [6.45, 7) is 0. The molecular formula is C33H49N21O10. The number of nitrogens with two attached hydrogens (primary N) is 6. The van der Waals surface area contributed by atoms with Gasteiger partial charge in [-0.25, -0.2) is 0 Å². The molecule has 0 fully saturated rings. The number of primary amides is 1. The van der Waals surface area contributed by atoms with Gasteiger partial charge in [-0.3, -0.25) is 60.2 Å². The van der Waals surface area contributed by atoms with Gasteiger partial charge in [0, 0.05) is 17.8 Å². The van der Waals surface area contributed by atoms with Crippen molar-refractivity contribution in [1.29, 1.82) is 21.6 Å². The molecule has 7 amide bonds. The van der Waals surface area contributed by atoms with Gasteiger partial charge in [-0.05, 0) is 17.7 Å². The van der Waals surface area contributed by atoms with Crippen LogP contribution in [0.4, 0.5) is 0 Å². The first-order valence-electron chi connectivity index (χ1n) is 17.8. The summed E-state index contributed by atoms with van der Waals surface area (Å²) in [6, 6.07) is 10.4. The lowest BCUT2D eigenvalue weighted by molar-refractivity contribution is -0.136. The molecule has 7 unspecified atom stereocenters. The molecule has 0 aromatic heterocycles. The Hall–Kier alpha value is -9.00. The van der Waals surface area contributed by atoms with Crippen molar-refractivity contribution in [3.05, 3.63) is 59.7 Å². The van der Waals surface area contributed by atoms with Crippen LogP contribution < -0.4 is 97.0 Å². The molecule has 0 aliphatic rings. The van der Waals surface area contributed by atoms with E-state index in [1.165, 1.54) is 44.6 Å². The van der Waals surface area contributed by atoms with Crippen LogP contribution in [-0.2, 0) is 33.6 Å². The van der Waals surface area contributed by atoms with Crippen molar-refractivity contribution >= 4 is 71.4 Å². The van der Waals surface area contributed by atoms with Gasteiger partial charge in [0.05, 0.1) is 14.2 Å². The Morgan fingerprint density at radius 2 is 1.00 bits per heavy atom. The van der Waals surface area contributed by atoms with E-state index in [0.29, 0.717) is 17.1 Å². The summed E-state index contributed by atoms with van der Waals surface area (Å²) in [5.41, 5.74) is 32.4. The molecular weight excluding hydrogens is 850 g/mol. The van der Waals surface area contributed by atoms with Crippen LogP contribution in [0, 0.1) is 21.6 Å². The molecule has 0 saturated carbocycles. The monoisotopic (exact) mass is 899 g/mol. The van der Waals surface area contributed by atoms with Gasteiger partial charge in [0.25, 0.3) is 35.4 Å². The summed E-state index contributed by atoms with van der Waals surface area (Å²) in [6.07, 6.45) is -11.0. The number of rotatable bonds is 22. The van der Waals surface area contributed by atoms with Crippen LogP contribution in [0.5, 0.6) is 11.5 Å². The molecule has 31 heteroatoms. The minimum Gasteiger partial charge on any atom is -0.497 e. The molecule has 2 rings (SSSR count). The summed E-state index contributed by atoms with van der Waals surface area (Å²) in [5.74, 6) is -11.9. The number of benzene rings is 2. The predicted octanol–water partition coefficient (Wildman–Crippen LogP) is -9.11. The normalized spacial score (nSPS) is 13.8. The fourth-order valence-electron chi connectivity index (χ4n) is 4.81. The Labute approximate surface area is 361 Å². The molecule has 7 atom stereocenters. The van der Waals surface area contributed by atoms with Crippen molar-refractivity contribution in [2.45, 2.75) is 43.1 Å². The van der Waals surface area contributed by atoms with Crippen LogP contribution in [0.15, 0.2) is 53.5 Å². The van der Waals surface area contributed by atoms with E-state index in [1.54, 1.807) is 18.2 Å². The number of hydrogen-bond acceptors (Lipinski definition) is 16. The smallest absolute Gasteiger partial charge is 0.272 e. The molecule has 0 aliphatic heterocycles. The average molecular weight is 900 g/mol. The van der Waals surface area contributed by atoms with Gasteiger partial charge in [0.2, 0.25) is 12.1 Å². The van der Waals surface area contributed by atoms with Gasteiger partial charge >= 0.3 is 0 Å². The number of hydrogen-bond donors (Lipinski definition) is 21. The van der Waals surface area contributed by atoms with Gasteiger partial charge in [0.15, 0.2) is 54.7 Å². The number of carbonyl (C=O) groups excluding carboxylic acids is 7. The second kappa shape index (κ2) is 24.3. The maximum absolute atomic E-state index is 13.8. The van der Waals surface area contributed by atoms with Crippen molar-refractivity contribution in [3.8, 4) is 11.5 Å². The third-order valence-corrected chi connectivity index (χ3v) is 7.71. The molecule has 346 valence electrons. The van der Waals surface area contributed by atoms with Gasteiger partial charge in [-0.1, -0.05) is 30.3 Å². The summed E-state index contributed by atoms with van der Waals surface area (Å²) in [7, 11) is 2.81. The maximum atomic E-state index is 13.8. The first-order chi connectivity index (χ1) is 30.1. The highest BCUT2D eigenvalue weighted by molar-refractivity contribution is 6.00. The summed E-state index contributed by atoms with van der Waals surface area (Å²) in [5, 5.41) is 61.9. The molecule has 27 N–H and O–H groups in total. The number of nitrogens with zero attached hydrogens (tertiary/aromatic N) is 1. The van der Waals surface area contributed by atoms with Crippen molar-refractivity contribution in [2.24, 2.45) is 39.4 Å². The standard InChI is InChI=1S/C33H49N21O10/c1-63-14-9-8-13(15(10-14)64-2)11-44-28(61)29(62)45-16(12-6-4-3-5-7-12)23(56)47-20(52-31(38)39)25(58)49-22(54-33(42)43)27(60)50-21(53-32(40)41)26(59)48-19(51-30(36)37)24(57)46-17(34)18(35)55/h3-11,16-17,19-22,28,61H,34H2,1-2H3,(H2,35,55)(H,45,62)(H,46,57)(H,47,56)(H,48,59)(H,49,58)(H,50,60)(H4,36,37,51)(H4,38,39,52)(H4,40,41,53)(H4,42,43,54)/b44-11+. The van der Waals surface area contributed by atoms with Crippen molar-refractivity contribution in [2.75, 3.05) is 14.2 Å². The lowest BCUT2D eigenvalue weighted by Crippen LogP contribution is -2.69. The SMILES string of the molecule is COc1ccc(/C=N/C(O)C(=O)NC(C(=O)NC(NC(=N)N)C(=O)NC(NC(=N)N)C(=O)NC(NC(=N)N)C(=O)NC(NC(=N)N)C(=O)NC(N)C(N)=O)c2ccccc2)c(OC)c1. The molecule has 0 spiro atoms. The number of ether oxygens (including phenoxy) is 2. The molecule has 0 heterocycles. The van der Waals surface area contributed by atoms with Crippen LogP contribution in [0.3, 0.4) is 0 Å². The van der Waals surface area contributed by atoms with Crippen LogP contribution in [0.2, 0.25) is 0 Å². The molecule has 0 bridgehead atoms. The van der Waals surface area contributed by atoms with Gasteiger partial charge in [0.1, 0.15) is 17.5 Å². The van der Waals surface area contributed by atoms with E-state index in [1.807, 2.05) is 26.6 Å². The molecule has 64 heavy (non-hydrogen) atoms. The average Bonchev–Trinajstić information content (AvgIpc) is 3.22. The first-order valence-corrected chi connectivity index (χ1v) is 17.8. The van der Waals surface area contributed by atoms with Crippen molar-refractivity contribution < 1.29 is 48.1 Å². The molecule has 2 aromatic rings. The van der Waals surface area contributed by atoms with Crippen molar-refractivity contribution in [1.82, 2.24) is 53.2 Å². The molecule has 0 aliphatic carbocycles. The largest absolute Gasteiger partial charge is 0.497 e. The number of aliphatic hydroxyl groups is 1. The molecule has 31 nitrogen and oxygen atoms in total. The van der Waals surface area contributed by atoms with Crippen LogP contribution in [-0.4, -0.2) is 128 Å². The van der Waals surface area contributed by atoms with Crippen LogP contribution in [0.1, 0.15) is 17.2 Å². The lowest BCUT2D eigenvalue weighted by atomic mass is 10.1. The topological polar surface area (TPSA) is 542 Å². The number of carbonyl (C=O) groups is 7. The van der Waals surface area contributed by atoms with E-state index in [-0.39, 0.29) is 5.56 Å². The second-order valence-electron chi connectivity index (χ2n) is 12.5. The zero-order valence-corrected chi connectivity index (χ0v) is 33.8. The van der Waals surface area contributed by atoms with E-state index >= 15 is 0 Å². The van der Waals surface area contributed by atoms with Gasteiger partial charge in [-0.2, -0.15) is 0 Å². The minimum absolute atomic E-state index is 0.120. The number of guanidine groups is 4. The van der Waals surface area contributed by atoms with Crippen molar-refractivity contribution in [3.63, 3.8) is 0 Å². The highest BCUT2D eigenvalue weighted by Crippen LogP contribution is 2.23. The molecule has 0 saturated heterocycles. The lowest BCUT2D eigenvalue weighted by Gasteiger charge is -2.28. The number of aliphatic hydroxyl groups excluding tert-OH is 1. The highest BCUT2D eigenvalue weighted by atomic mass is 16.5. The Morgan fingerprint density at radius 3 is 1.39 bits per heavy atom. The predicted molar refractivity (Wildman–Crippen MR) is 224 cm³/mol. The summed E-state index contributed by atoms with van der Waals surface area (Å²) < 4.78 is 10.4. The van der Waals surface area contributed by atoms with E-state index in [4.69, 9.17) is 65.5 Å². The zero-order chi connectivity index (χ0) is 48.3. The van der Waals surface area contributed by atoms with E-state index < -0.39 is 108 Å². The zero-order valence-electron chi connectivity index (χ0n) is 33.8. The first kappa shape index (κ1) is 51.1. The number of methoxy groups -OCH3 is 2. The number of nitrogens with one attached hydrogen (secondary N) is 14. The van der Waals surface area contributed by atoms with Crippen LogP contribution in [0.25, 0.3) is 0 Å². The maximum Gasteiger partial charge on any atom is 0.272 e. The Balaban J connectivity index is 2.38. The van der Waals surface area contributed by atoms with E-state index in [9.17, 15) is 38.7 Å². The quantitative estimate of drug-likeness (QED) is 0.0296.